The van der Waals surface area contributed by atoms with Crippen LogP contribution in [0.4, 0.5) is 5.69 Å². The molecule has 1 aromatic carbocycles. The number of carbonyl (C=O) groups is 3. The van der Waals surface area contributed by atoms with E-state index in [2.05, 4.69) is 10.6 Å². The number of carbonyl (C=O) groups excluding carboxylic acids is 2. The highest BCUT2D eigenvalue weighted by molar-refractivity contribution is 5.92. The maximum Gasteiger partial charge on any atom is 0.322 e. The van der Waals surface area contributed by atoms with E-state index in [0.717, 1.165) is 36.9 Å². The smallest absolute Gasteiger partial charge is 0.322 e. The molecule has 1 saturated carbocycles. The van der Waals surface area contributed by atoms with E-state index in [0.29, 0.717) is 0 Å². The number of aliphatic carboxylic acids is 1. The molecule has 130 valence electrons. The molecule has 1 aliphatic carbocycles. The molecule has 0 bridgehead atoms. The fourth-order valence-electron chi connectivity index (χ4n) is 2.91. The molecule has 0 aromatic heterocycles. The van der Waals surface area contributed by atoms with Gasteiger partial charge >= 0.3 is 5.97 Å². The van der Waals surface area contributed by atoms with Crippen molar-refractivity contribution in [2.75, 3.05) is 11.9 Å². The Morgan fingerprint density at radius 3 is 2.21 bits per heavy atom. The lowest BCUT2D eigenvalue weighted by Gasteiger charge is -2.14. The molecule has 6 nitrogen and oxygen atoms in total. The Kier molecular flexibility index (Phi) is 6.78. The van der Waals surface area contributed by atoms with Crippen molar-refractivity contribution in [3.05, 3.63) is 29.8 Å². The molecule has 3 N–H and O–H groups in total. The predicted molar refractivity (Wildman–Crippen MR) is 90.6 cm³/mol. The molecule has 0 atom stereocenters. The summed E-state index contributed by atoms with van der Waals surface area (Å²) in [6.45, 7) is -0.381. The third kappa shape index (κ3) is 6.02. The van der Waals surface area contributed by atoms with E-state index in [9.17, 15) is 14.4 Å². The van der Waals surface area contributed by atoms with Crippen molar-refractivity contribution < 1.29 is 19.5 Å². The molecule has 0 saturated heterocycles. The minimum Gasteiger partial charge on any atom is -0.480 e. The van der Waals surface area contributed by atoms with E-state index in [1.54, 1.807) is 24.3 Å². The van der Waals surface area contributed by atoms with Gasteiger partial charge in [0.25, 0.3) is 0 Å². The first-order chi connectivity index (χ1) is 11.5. The van der Waals surface area contributed by atoms with Crippen LogP contribution in [0.2, 0.25) is 0 Å². The molecule has 24 heavy (non-hydrogen) atoms. The second-order valence-electron chi connectivity index (χ2n) is 6.22. The molecule has 0 aliphatic heterocycles. The Hall–Kier alpha value is -2.37. The number of carboxylic acids is 1. The van der Waals surface area contributed by atoms with E-state index >= 15 is 0 Å². The summed E-state index contributed by atoms with van der Waals surface area (Å²) < 4.78 is 0. The molecule has 1 fully saturated rings. The highest BCUT2D eigenvalue weighted by Crippen LogP contribution is 2.24. The van der Waals surface area contributed by atoms with Gasteiger partial charge in [0.15, 0.2) is 0 Å². The third-order valence-corrected chi connectivity index (χ3v) is 4.25. The van der Waals surface area contributed by atoms with Crippen LogP contribution in [0.1, 0.15) is 44.1 Å². The van der Waals surface area contributed by atoms with Gasteiger partial charge in [-0.1, -0.05) is 37.8 Å². The average Bonchev–Trinajstić information content (AvgIpc) is 2.84. The minimum atomic E-state index is -1.07. The van der Waals surface area contributed by atoms with Crippen LogP contribution in [0.5, 0.6) is 0 Å². The van der Waals surface area contributed by atoms with Gasteiger partial charge in [0.05, 0.1) is 6.42 Å². The van der Waals surface area contributed by atoms with Gasteiger partial charge in [-0.25, -0.2) is 0 Å². The topological polar surface area (TPSA) is 95.5 Å². The van der Waals surface area contributed by atoms with Gasteiger partial charge in [0, 0.05) is 11.6 Å². The van der Waals surface area contributed by atoms with E-state index in [1.165, 1.54) is 12.8 Å². The van der Waals surface area contributed by atoms with Crippen molar-refractivity contribution in [3.63, 3.8) is 0 Å². The first-order valence-electron chi connectivity index (χ1n) is 8.43. The Balaban J connectivity index is 1.83. The van der Waals surface area contributed by atoms with Crippen molar-refractivity contribution >= 4 is 23.5 Å². The monoisotopic (exact) mass is 332 g/mol. The molecule has 2 amide bonds. The predicted octanol–water partition coefficient (Wildman–Crippen LogP) is 2.34. The highest BCUT2D eigenvalue weighted by Gasteiger charge is 2.20. The van der Waals surface area contributed by atoms with Crippen molar-refractivity contribution in [2.45, 2.75) is 44.9 Å². The number of anilines is 1. The van der Waals surface area contributed by atoms with Gasteiger partial charge in [0.1, 0.15) is 6.54 Å². The fourth-order valence-corrected chi connectivity index (χ4v) is 2.91. The van der Waals surface area contributed by atoms with E-state index in [-0.39, 0.29) is 30.7 Å². The first-order valence-corrected chi connectivity index (χ1v) is 8.43. The molecular formula is C18H24N2O4. The number of amides is 2. The van der Waals surface area contributed by atoms with E-state index in [1.807, 2.05) is 0 Å². The maximum absolute atomic E-state index is 12.3. The van der Waals surface area contributed by atoms with Crippen molar-refractivity contribution in [1.29, 1.82) is 0 Å². The zero-order valence-corrected chi connectivity index (χ0v) is 13.7. The summed E-state index contributed by atoms with van der Waals surface area (Å²) in [6, 6.07) is 7.08. The molecule has 0 unspecified atom stereocenters. The van der Waals surface area contributed by atoms with Crippen LogP contribution in [0.3, 0.4) is 0 Å². The molecular weight excluding hydrogens is 308 g/mol. The van der Waals surface area contributed by atoms with Crippen molar-refractivity contribution in [1.82, 2.24) is 5.32 Å². The summed E-state index contributed by atoms with van der Waals surface area (Å²) in [4.78, 5) is 34.3. The average molecular weight is 332 g/mol. The number of hydrogen-bond donors (Lipinski definition) is 3. The molecule has 1 aliphatic rings. The number of nitrogens with one attached hydrogen (secondary N) is 2. The van der Waals surface area contributed by atoms with Crippen LogP contribution < -0.4 is 10.6 Å². The van der Waals surface area contributed by atoms with Crippen LogP contribution in [0, 0.1) is 5.92 Å². The van der Waals surface area contributed by atoms with Gasteiger partial charge in [-0.3, -0.25) is 14.4 Å². The van der Waals surface area contributed by atoms with Gasteiger partial charge in [0.2, 0.25) is 11.8 Å². The molecule has 2 rings (SSSR count). The zero-order chi connectivity index (χ0) is 17.4. The van der Waals surface area contributed by atoms with Gasteiger partial charge in [-0.15, -0.1) is 0 Å². The molecule has 0 heterocycles. The summed E-state index contributed by atoms with van der Waals surface area (Å²) in [7, 11) is 0. The van der Waals surface area contributed by atoms with Crippen LogP contribution in [-0.2, 0) is 20.8 Å². The van der Waals surface area contributed by atoms with E-state index < -0.39 is 5.97 Å². The lowest BCUT2D eigenvalue weighted by molar-refractivity contribution is -0.137. The largest absolute Gasteiger partial charge is 0.480 e. The lowest BCUT2D eigenvalue weighted by Crippen LogP contribution is -2.30. The summed E-state index contributed by atoms with van der Waals surface area (Å²) in [5.41, 5.74) is 1.49. The number of rotatable bonds is 6. The number of hydrogen-bond acceptors (Lipinski definition) is 3. The van der Waals surface area contributed by atoms with Crippen molar-refractivity contribution in [3.8, 4) is 0 Å². The maximum atomic E-state index is 12.3. The fraction of sp³-hybridized carbons (Fsp3) is 0.500. The minimum absolute atomic E-state index is 0.0730. The van der Waals surface area contributed by atoms with E-state index in [4.69, 9.17) is 5.11 Å². The van der Waals surface area contributed by atoms with Gasteiger partial charge in [-0.05, 0) is 30.5 Å². The molecule has 0 radical (unpaired) electrons. The second-order valence-corrected chi connectivity index (χ2v) is 6.22. The SMILES string of the molecule is O=C(O)CNC(=O)Cc1ccc(NC(=O)C2CCCCCC2)cc1. The molecule has 1 aromatic rings. The standard InChI is InChI=1S/C18H24N2O4/c21-16(19-12-17(22)23)11-13-7-9-15(10-8-13)20-18(24)14-5-3-1-2-4-6-14/h7-10,14H,1-6,11-12H2,(H,19,21)(H,20,24)(H,22,23). The third-order valence-electron chi connectivity index (χ3n) is 4.25. The lowest BCUT2D eigenvalue weighted by atomic mass is 9.99. The van der Waals surface area contributed by atoms with Crippen LogP contribution in [-0.4, -0.2) is 29.4 Å². The Labute approximate surface area is 141 Å². The number of carboxylic acid groups (broad SMARTS) is 1. The second kappa shape index (κ2) is 9.05. The van der Waals surface area contributed by atoms with Gasteiger partial charge < -0.3 is 15.7 Å². The summed E-state index contributed by atoms with van der Waals surface area (Å²) >= 11 is 0. The Bertz CT molecular complexity index is 575. The number of benzene rings is 1. The highest BCUT2D eigenvalue weighted by atomic mass is 16.4. The summed E-state index contributed by atoms with van der Waals surface area (Å²) in [5.74, 6) is -1.25. The van der Waals surface area contributed by atoms with Crippen LogP contribution in [0.15, 0.2) is 24.3 Å². The van der Waals surface area contributed by atoms with Crippen LogP contribution >= 0.6 is 0 Å². The van der Waals surface area contributed by atoms with Crippen LogP contribution in [0.25, 0.3) is 0 Å². The molecule has 6 heteroatoms. The Morgan fingerprint density at radius 1 is 1.00 bits per heavy atom. The van der Waals surface area contributed by atoms with Gasteiger partial charge in [-0.2, -0.15) is 0 Å². The Morgan fingerprint density at radius 2 is 1.62 bits per heavy atom. The quantitative estimate of drug-likeness (QED) is 0.697. The first kappa shape index (κ1) is 18.0. The zero-order valence-electron chi connectivity index (χ0n) is 13.7. The summed E-state index contributed by atoms with van der Waals surface area (Å²) in [6.07, 6.45) is 6.67. The van der Waals surface area contributed by atoms with Crippen molar-refractivity contribution in [2.24, 2.45) is 5.92 Å². The summed E-state index contributed by atoms with van der Waals surface area (Å²) in [5, 5.41) is 13.8. The normalized spacial score (nSPS) is 15.3. The molecule has 0 spiro atoms.